The van der Waals surface area contributed by atoms with Crippen LogP contribution in [0.4, 0.5) is 5.82 Å². The molecule has 0 radical (unpaired) electrons. The van der Waals surface area contributed by atoms with Crippen molar-refractivity contribution in [1.82, 2.24) is 34.7 Å². The molecule has 11 heteroatoms. The van der Waals surface area contributed by atoms with Crippen LogP contribution in [0, 0.1) is 0 Å². The molecule has 0 atom stereocenters. The summed E-state index contributed by atoms with van der Waals surface area (Å²) in [7, 11) is 0. The van der Waals surface area contributed by atoms with Crippen molar-refractivity contribution in [3.63, 3.8) is 0 Å². The predicted molar refractivity (Wildman–Crippen MR) is 85.9 cm³/mol. The van der Waals surface area contributed by atoms with Crippen molar-refractivity contribution < 1.29 is 9.84 Å². The van der Waals surface area contributed by atoms with Crippen LogP contribution in [0.2, 0.25) is 0 Å². The van der Waals surface area contributed by atoms with Gasteiger partial charge in [-0.15, -0.1) is 5.10 Å². The quantitative estimate of drug-likeness (QED) is 0.615. The van der Waals surface area contributed by atoms with Gasteiger partial charge in [-0.25, -0.2) is 14.6 Å². The summed E-state index contributed by atoms with van der Waals surface area (Å²) in [5.74, 6) is 1.18. The number of ether oxygens (including phenoxy) is 1. The predicted octanol–water partition coefficient (Wildman–Crippen LogP) is -0.863. The van der Waals surface area contributed by atoms with E-state index >= 15 is 0 Å². The average Bonchev–Trinajstić information content (AvgIpc) is 3.25. The Bertz CT molecular complexity index is 800. The molecule has 1 aliphatic heterocycles. The molecular weight excluding hydrogens is 323 g/mol. The van der Waals surface area contributed by atoms with Gasteiger partial charge in [-0.2, -0.15) is 9.78 Å². The summed E-state index contributed by atoms with van der Waals surface area (Å²) in [6, 6.07) is 1.78. The minimum atomic E-state index is -0.0675. The van der Waals surface area contributed by atoms with Crippen molar-refractivity contribution in [2.45, 2.75) is 0 Å². The third kappa shape index (κ3) is 3.13. The Morgan fingerprint density at radius 2 is 1.92 bits per heavy atom. The van der Waals surface area contributed by atoms with Crippen LogP contribution in [0.3, 0.4) is 0 Å². The molecular formula is C13H15N8NaO2. The van der Waals surface area contributed by atoms with Gasteiger partial charge < -0.3 is 14.7 Å². The third-order valence-electron chi connectivity index (χ3n) is 3.58. The molecule has 0 saturated carbocycles. The molecule has 0 spiro atoms. The van der Waals surface area contributed by atoms with Gasteiger partial charge in [-0.1, -0.05) is 5.21 Å². The van der Waals surface area contributed by atoms with Crippen LogP contribution < -0.4 is 4.90 Å². The second-order valence-corrected chi connectivity index (χ2v) is 4.95. The van der Waals surface area contributed by atoms with Gasteiger partial charge in [-0.3, -0.25) is 0 Å². The summed E-state index contributed by atoms with van der Waals surface area (Å²) < 4.78 is 8.11. The Morgan fingerprint density at radius 3 is 2.67 bits per heavy atom. The van der Waals surface area contributed by atoms with E-state index in [9.17, 15) is 5.11 Å². The molecule has 0 bridgehead atoms. The van der Waals surface area contributed by atoms with Gasteiger partial charge in [0.25, 0.3) is 0 Å². The number of hydrogen-bond donors (Lipinski definition) is 1. The van der Waals surface area contributed by atoms with E-state index in [1.54, 1.807) is 12.3 Å². The second kappa shape index (κ2) is 7.26. The summed E-state index contributed by atoms with van der Waals surface area (Å²) in [6.45, 7) is 2.88. The van der Waals surface area contributed by atoms with Gasteiger partial charge in [0.15, 0.2) is 5.82 Å². The fourth-order valence-corrected chi connectivity index (χ4v) is 2.42. The van der Waals surface area contributed by atoms with Gasteiger partial charge in [0, 0.05) is 19.2 Å². The molecule has 1 fully saturated rings. The molecule has 1 N–H and O–H groups in total. The van der Waals surface area contributed by atoms with Crippen LogP contribution in [0.5, 0.6) is 5.88 Å². The molecule has 4 heterocycles. The van der Waals surface area contributed by atoms with Gasteiger partial charge in [0.1, 0.15) is 17.8 Å². The molecule has 10 nitrogen and oxygen atoms in total. The SMILES string of the molecule is Oc1c(-n2ccnn2)cnn1-c1cc(N2CCOCC2)ncn1.[NaH]. The second-order valence-electron chi connectivity index (χ2n) is 4.95. The molecule has 24 heavy (non-hydrogen) atoms. The van der Waals surface area contributed by atoms with Crippen LogP contribution in [0.1, 0.15) is 0 Å². The van der Waals surface area contributed by atoms with E-state index < -0.39 is 0 Å². The number of aromatic hydroxyl groups is 1. The summed E-state index contributed by atoms with van der Waals surface area (Å²) in [6.07, 6.45) is 6.11. The maximum absolute atomic E-state index is 10.4. The van der Waals surface area contributed by atoms with Gasteiger partial charge >= 0.3 is 29.6 Å². The molecule has 120 valence electrons. The Labute approximate surface area is 159 Å². The van der Waals surface area contributed by atoms with Crippen molar-refractivity contribution in [2.24, 2.45) is 0 Å². The van der Waals surface area contributed by atoms with Crippen LogP contribution in [-0.2, 0) is 4.74 Å². The summed E-state index contributed by atoms with van der Waals surface area (Å²) >= 11 is 0. The topological polar surface area (TPSA) is 107 Å². The number of anilines is 1. The van der Waals surface area contributed by atoms with Crippen LogP contribution in [-0.4, -0.2) is 95.7 Å². The Kier molecular flexibility index (Phi) is 5.09. The first-order chi connectivity index (χ1) is 11.3. The van der Waals surface area contributed by atoms with Crippen LogP contribution in [0.15, 0.2) is 31.0 Å². The van der Waals surface area contributed by atoms with Crippen LogP contribution in [0.25, 0.3) is 11.5 Å². The number of nitrogens with zero attached hydrogens (tertiary/aromatic N) is 8. The molecule has 1 aliphatic rings. The average molecular weight is 338 g/mol. The summed E-state index contributed by atoms with van der Waals surface area (Å²) in [4.78, 5) is 10.6. The van der Waals surface area contributed by atoms with E-state index in [1.807, 2.05) is 0 Å². The first-order valence-electron chi connectivity index (χ1n) is 7.12. The Balaban J connectivity index is 0.00000169. The molecule has 3 aromatic rings. The molecule has 1 saturated heterocycles. The fourth-order valence-electron chi connectivity index (χ4n) is 2.42. The normalized spacial score (nSPS) is 14.4. The maximum atomic E-state index is 10.4. The molecule has 3 aromatic heterocycles. The minimum absolute atomic E-state index is 0. The Morgan fingerprint density at radius 1 is 1.12 bits per heavy atom. The van der Waals surface area contributed by atoms with E-state index in [2.05, 4.69) is 30.3 Å². The zero-order chi connectivity index (χ0) is 15.6. The van der Waals surface area contributed by atoms with Gasteiger partial charge in [-0.05, 0) is 0 Å². The Hall–Kier alpha value is -2.01. The van der Waals surface area contributed by atoms with E-state index in [0.29, 0.717) is 24.7 Å². The fraction of sp³-hybridized carbons (Fsp3) is 0.308. The molecule has 0 aliphatic carbocycles. The summed E-state index contributed by atoms with van der Waals surface area (Å²) in [5.41, 5.74) is 0.425. The first kappa shape index (κ1) is 16.8. The zero-order valence-electron chi connectivity index (χ0n) is 12.1. The third-order valence-corrected chi connectivity index (χ3v) is 3.58. The standard InChI is InChI=1S/C13H14N8O2.Na.H/c22-13-10(20-2-1-16-18-20)8-17-21(13)12-7-11(14-9-15-12)19-3-5-23-6-4-19;;/h1-2,7-9,22H,3-6H2;;. The first-order valence-corrected chi connectivity index (χ1v) is 7.12. The van der Waals surface area contributed by atoms with Crippen molar-refractivity contribution in [3.8, 4) is 17.4 Å². The van der Waals surface area contributed by atoms with Gasteiger partial charge in [0.2, 0.25) is 5.88 Å². The molecule has 4 rings (SSSR count). The van der Waals surface area contributed by atoms with E-state index in [0.717, 1.165) is 18.9 Å². The number of hydrogen-bond acceptors (Lipinski definition) is 8. The van der Waals surface area contributed by atoms with Crippen molar-refractivity contribution >= 4 is 35.4 Å². The molecule has 0 aromatic carbocycles. The van der Waals surface area contributed by atoms with E-state index in [1.165, 1.54) is 28.1 Å². The van der Waals surface area contributed by atoms with Gasteiger partial charge in [0.05, 0.1) is 31.8 Å². The zero-order valence-corrected chi connectivity index (χ0v) is 12.1. The van der Waals surface area contributed by atoms with E-state index in [-0.39, 0.29) is 35.4 Å². The number of morpholine rings is 1. The molecule has 0 amide bonds. The van der Waals surface area contributed by atoms with E-state index in [4.69, 9.17) is 4.74 Å². The van der Waals surface area contributed by atoms with Crippen molar-refractivity contribution in [3.05, 3.63) is 31.0 Å². The van der Waals surface area contributed by atoms with Crippen molar-refractivity contribution in [2.75, 3.05) is 31.2 Å². The summed E-state index contributed by atoms with van der Waals surface area (Å²) in [5, 5.41) is 22.1. The van der Waals surface area contributed by atoms with Crippen molar-refractivity contribution in [1.29, 1.82) is 0 Å². The number of rotatable bonds is 3. The molecule has 0 unspecified atom stereocenters. The number of aromatic nitrogens is 7. The monoisotopic (exact) mass is 338 g/mol. The van der Waals surface area contributed by atoms with Crippen LogP contribution >= 0.6 is 0 Å².